The molecule has 36 heavy (non-hydrogen) atoms. The number of hydrogen-bond acceptors (Lipinski definition) is 5. The van der Waals surface area contributed by atoms with Gasteiger partial charge in [0.2, 0.25) is 0 Å². The maximum absolute atomic E-state index is 14.0. The summed E-state index contributed by atoms with van der Waals surface area (Å²) in [4.78, 5) is 31.4. The van der Waals surface area contributed by atoms with Crippen molar-refractivity contribution in [2.45, 2.75) is 0 Å². The van der Waals surface area contributed by atoms with Gasteiger partial charge in [-0.2, -0.15) is 5.10 Å². The maximum atomic E-state index is 14.0. The van der Waals surface area contributed by atoms with Crippen molar-refractivity contribution in [2.24, 2.45) is 7.05 Å². The Balaban J connectivity index is 1.54. The fourth-order valence-electron chi connectivity index (χ4n) is 4.71. The molecule has 0 unspecified atom stereocenters. The summed E-state index contributed by atoms with van der Waals surface area (Å²) in [5, 5.41) is 4.59. The highest BCUT2D eigenvalue weighted by atomic mass is 16.5. The molecule has 3 aromatic carbocycles. The van der Waals surface area contributed by atoms with Crippen LogP contribution < -0.4 is 15.2 Å². The molecule has 1 saturated heterocycles. The highest BCUT2D eigenvalue weighted by molar-refractivity contribution is 6.03. The first-order valence-electron chi connectivity index (χ1n) is 12.0. The molecule has 182 valence electrons. The van der Waals surface area contributed by atoms with Crippen LogP contribution in [0.2, 0.25) is 0 Å². The molecule has 0 saturated carbocycles. The summed E-state index contributed by atoms with van der Waals surface area (Å²) in [6.07, 6.45) is 0. The molecule has 4 aromatic rings. The lowest BCUT2D eigenvalue weighted by atomic mass is 9.94. The predicted octanol–water partition coefficient (Wildman–Crippen LogP) is 4.09. The Morgan fingerprint density at radius 2 is 1.39 bits per heavy atom. The number of hydrogen-bond donors (Lipinski definition) is 0. The molecule has 1 aliphatic rings. The Kier molecular flexibility index (Phi) is 6.54. The number of ether oxygens (including phenoxy) is 1. The van der Waals surface area contributed by atoms with Crippen LogP contribution in [-0.4, -0.2) is 53.9 Å². The normalized spacial score (nSPS) is 13.5. The van der Waals surface area contributed by atoms with E-state index in [0.29, 0.717) is 37.4 Å². The van der Waals surface area contributed by atoms with Crippen LogP contribution in [0.4, 0.5) is 5.69 Å². The van der Waals surface area contributed by atoms with Gasteiger partial charge in [-0.25, -0.2) is 4.68 Å². The number of aryl methyl sites for hydroxylation is 1. The molecule has 0 aliphatic carbocycles. The zero-order chi connectivity index (χ0) is 25.1. The van der Waals surface area contributed by atoms with Crippen LogP contribution in [0.25, 0.3) is 22.4 Å². The zero-order valence-electron chi connectivity index (χ0n) is 20.4. The van der Waals surface area contributed by atoms with Gasteiger partial charge in [0.1, 0.15) is 11.3 Å². The smallest absolute Gasteiger partial charge is 0.280 e. The molecule has 1 fully saturated rings. The van der Waals surface area contributed by atoms with Crippen molar-refractivity contribution in [1.82, 2.24) is 14.7 Å². The quantitative estimate of drug-likeness (QED) is 0.431. The third-order valence-corrected chi connectivity index (χ3v) is 6.56. The molecule has 0 radical (unpaired) electrons. The summed E-state index contributed by atoms with van der Waals surface area (Å²) >= 11 is 0. The van der Waals surface area contributed by atoms with Gasteiger partial charge in [-0.05, 0) is 17.7 Å². The van der Waals surface area contributed by atoms with Crippen LogP contribution in [0.1, 0.15) is 10.4 Å². The van der Waals surface area contributed by atoms with Crippen molar-refractivity contribution >= 4 is 11.6 Å². The fraction of sp³-hybridized carbons (Fsp3) is 0.207. The molecule has 0 bridgehead atoms. The Labute approximate surface area is 210 Å². The molecule has 0 atom stereocenters. The number of aromatic nitrogens is 2. The average molecular weight is 481 g/mol. The topological polar surface area (TPSA) is 67.7 Å². The van der Waals surface area contributed by atoms with E-state index in [9.17, 15) is 9.59 Å². The molecule has 5 rings (SSSR count). The van der Waals surface area contributed by atoms with Crippen LogP contribution in [0.15, 0.2) is 89.7 Å². The molecule has 1 amide bonds. The fourth-order valence-corrected chi connectivity index (χ4v) is 4.71. The van der Waals surface area contributed by atoms with Crippen molar-refractivity contribution in [3.05, 3.63) is 101 Å². The molecule has 7 heteroatoms. The monoisotopic (exact) mass is 480 g/mol. The molecular weight excluding hydrogens is 452 g/mol. The second kappa shape index (κ2) is 10.1. The Hall–Kier alpha value is -4.39. The third kappa shape index (κ3) is 4.35. The second-order valence-corrected chi connectivity index (χ2v) is 8.71. The predicted molar refractivity (Wildman–Crippen MR) is 141 cm³/mol. The van der Waals surface area contributed by atoms with E-state index in [1.54, 1.807) is 19.1 Å². The first kappa shape index (κ1) is 23.4. The molecule has 1 aromatic heterocycles. The van der Waals surface area contributed by atoms with E-state index in [0.717, 1.165) is 22.6 Å². The van der Waals surface area contributed by atoms with E-state index in [1.807, 2.05) is 84.9 Å². The van der Waals surface area contributed by atoms with Gasteiger partial charge in [-0.1, -0.05) is 72.8 Å². The van der Waals surface area contributed by atoms with Gasteiger partial charge in [0, 0.05) is 44.4 Å². The first-order valence-corrected chi connectivity index (χ1v) is 12.0. The van der Waals surface area contributed by atoms with E-state index in [-0.39, 0.29) is 11.5 Å². The van der Waals surface area contributed by atoms with Gasteiger partial charge in [0.05, 0.1) is 18.5 Å². The van der Waals surface area contributed by atoms with E-state index in [1.165, 1.54) is 4.68 Å². The Morgan fingerprint density at radius 1 is 0.806 bits per heavy atom. The largest absolute Gasteiger partial charge is 0.495 e. The van der Waals surface area contributed by atoms with Crippen LogP contribution in [0.5, 0.6) is 5.75 Å². The molecule has 1 aliphatic heterocycles. The van der Waals surface area contributed by atoms with Gasteiger partial charge in [-0.3, -0.25) is 9.59 Å². The Morgan fingerprint density at radius 3 is 2.03 bits per heavy atom. The number of piperazine rings is 1. The summed E-state index contributed by atoms with van der Waals surface area (Å²) in [5.74, 6) is 0.535. The molecular formula is C29H28N4O3. The summed E-state index contributed by atoms with van der Waals surface area (Å²) in [6, 6.07) is 27.1. The highest BCUT2D eigenvalue weighted by Crippen LogP contribution is 2.33. The number of rotatable bonds is 5. The number of nitrogens with zero attached hydrogens (tertiary/aromatic N) is 4. The van der Waals surface area contributed by atoms with Crippen LogP contribution in [-0.2, 0) is 7.05 Å². The lowest BCUT2D eigenvalue weighted by molar-refractivity contribution is 0.0744. The zero-order valence-corrected chi connectivity index (χ0v) is 20.4. The van der Waals surface area contributed by atoms with E-state index in [2.05, 4.69) is 10.00 Å². The van der Waals surface area contributed by atoms with Crippen LogP contribution >= 0.6 is 0 Å². The van der Waals surface area contributed by atoms with Gasteiger partial charge < -0.3 is 14.5 Å². The van der Waals surface area contributed by atoms with Crippen molar-refractivity contribution in [3.8, 4) is 28.1 Å². The number of benzene rings is 3. The summed E-state index contributed by atoms with van der Waals surface area (Å²) in [6.45, 7) is 2.28. The number of amides is 1. The van der Waals surface area contributed by atoms with Gasteiger partial charge in [0.15, 0.2) is 0 Å². The van der Waals surface area contributed by atoms with Crippen molar-refractivity contribution in [3.63, 3.8) is 0 Å². The van der Waals surface area contributed by atoms with E-state index in [4.69, 9.17) is 4.74 Å². The molecule has 2 heterocycles. The number of para-hydroxylation sites is 2. The third-order valence-electron chi connectivity index (χ3n) is 6.56. The van der Waals surface area contributed by atoms with Crippen molar-refractivity contribution < 1.29 is 9.53 Å². The molecule has 7 nitrogen and oxygen atoms in total. The van der Waals surface area contributed by atoms with Gasteiger partial charge in [0.25, 0.3) is 11.5 Å². The minimum Gasteiger partial charge on any atom is -0.495 e. The van der Waals surface area contributed by atoms with Gasteiger partial charge >= 0.3 is 0 Å². The second-order valence-electron chi connectivity index (χ2n) is 8.71. The van der Waals surface area contributed by atoms with E-state index < -0.39 is 5.56 Å². The minimum absolute atomic E-state index is 0.156. The number of methoxy groups -OCH3 is 1. The van der Waals surface area contributed by atoms with Crippen molar-refractivity contribution in [1.29, 1.82) is 0 Å². The van der Waals surface area contributed by atoms with E-state index >= 15 is 0 Å². The van der Waals surface area contributed by atoms with Crippen LogP contribution in [0.3, 0.4) is 0 Å². The lowest BCUT2D eigenvalue weighted by Crippen LogP contribution is -2.50. The van der Waals surface area contributed by atoms with Gasteiger partial charge in [-0.15, -0.1) is 0 Å². The number of anilines is 1. The summed E-state index contributed by atoms with van der Waals surface area (Å²) < 4.78 is 6.79. The SMILES string of the molecule is COc1ccccc1N1CCN(C(=O)c2c(-c3ccccc3)c(-c3ccccc3)nn(C)c2=O)CC1. The molecule has 0 N–H and O–H groups in total. The standard InChI is InChI=1S/C29H28N4O3/c1-31-28(34)26(25(21-11-5-3-6-12-21)27(30-31)22-13-7-4-8-14-22)29(35)33-19-17-32(18-20-33)23-15-9-10-16-24(23)36-2/h3-16H,17-20H2,1-2H3. The highest BCUT2D eigenvalue weighted by Gasteiger charge is 2.30. The van der Waals surface area contributed by atoms with Crippen molar-refractivity contribution in [2.75, 3.05) is 38.2 Å². The number of carbonyl (C=O) groups is 1. The number of carbonyl (C=O) groups excluding carboxylic acids is 1. The summed E-state index contributed by atoms with van der Waals surface area (Å²) in [7, 11) is 3.26. The lowest BCUT2D eigenvalue weighted by Gasteiger charge is -2.36. The summed E-state index contributed by atoms with van der Waals surface area (Å²) in [5.41, 5.74) is 3.58. The molecule has 0 spiro atoms. The maximum Gasteiger partial charge on any atom is 0.280 e. The minimum atomic E-state index is -0.398. The first-order chi connectivity index (χ1) is 17.6. The average Bonchev–Trinajstić information content (AvgIpc) is 2.95. The van der Waals surface area contributed by atoms with Crippen LogP contribution in [0, 0.1) is 0 Å². The Bertz CT molecular complexity index is 1430.